The minimum atomic E-state index is -0.320. The summed E-state index contributed by atoms with van der Waals surface area (Å²) in [6.45, 7) is 0. The molecule has 2 amide bonds. The highest BCUT2D eigenvalue weighted by molar-refractivity contribution is 6.20. The summed E-state index contributed by atoms with van der Waals surface area (Å²) in [4.78, 5) is 31.0. The molecule has 5 nitrogen and oxygen atoms in total. The summed E-state index contributed by atoms with van der Waals surface area (Å²) in [7, 11) is 1.83. The van der Waals surface area contributed by atoms with Crippen LogP contribution in [0.1, 0.15) is 12.0 Å². The highest BCUT2D eigenvalue weighted by Crippen LogP contribution is 2.30. The van der Waals surface area contributed by atoms with Crippen LogP contribution in [0.5, 0.6) is 0 Å². The molecule has 4 rings (SSSR count). The lowest BCUT2D eigenvalue weighted by atomic mass is 9.98. The minimum Gasteiger partial charge on any atom is -0.312 e. The van der Waals surface area contributed by atoms with E-state index in [1.165, 1.54) is 4.90 Å². The fourth-order valence-corrected chi connectivity index (χ4v) is 3.30. The molecule has 0 spiro atoms. The number of para-hydroxylation sites is 2. The molecule has 1 fully saturated rings. The number of hydrogen-bond donors (Lipinski definition) is 0. The van der Waals surface area contributed by atoms with Gasteiger partial charge in [0.15, 0.2) is 0 Å². The molecule has 0 N–H and O–H groups in total. The average Bonchev–Trinajstić information content (AvgIpc) is 3.06. The van der Waals surface area contributed by atoms with Crippen LogP contribution in [0, 0.1) is 5.92 Å². The number of fused-ring (bicyclic) bond motifs is 1. The average molecular weight is 319 g/mol. The maximum Gasteiger partial charge on any atom is 0.240 e. The van der Waals surface area contributed by atoms with Crippen LogP contribution in [0.15, 0.2) is 54.6 Å². The summed E-state index contributed by atoms with van der Waals surface area (Å²) in [5, 5.41) is 0. The van der Waals surface area contributed by atoms with Crippen molar-refractivity contribution in [2.45, 2.75) is 12.8 Å². The normalized spacial score (nSPS) is 17.9. The van der Waals surface area contributed by atoms with Crippen molar-refractivity contribution in [3.63, 3.8) is 0 Å². The molecule has 24 heavy (non-hydrogen) atoms. The second-order valence-corrected chi connectivity index (χ2v) is 6.12. The van der Waals surface area contributed by atoms with Crippen LogP contribution in [0.3, 0.4) is 0 Å². The lowest BCUT2D eigenvalue weighted by molar-refractivity contribution is -0.122. The molecule has 2 aromatic carbocycles. The molecule has 2 heterocycles. The van der Waals surface area contributed by atoms with Crippen molar-refractivity contribution in [1.29, 1.82) is 0 Å². The quantitative estimate of drug-likeness (QED) is 0.698. The molecule has 1 aromatic heterocycles. The Bertz CT molecular complexity index is 930. The van der Waals surface area contributed by atoms with E-state index in [-0.39, 0.29) is 24.2 Å². The fraction of sp³-hybridized carbons (Fsp3) is 0.211. The van der Waals surface area contributed by atoms with E-state index in [2.05, 4.69) is 4.98 Å². The Morgan fingerprint density at radius 2 is 1.75 bits per heavy atom. The number of nitrogens with zero attached hydrogens (tertiary/aromatic N) is 3. The van der Waals surface area contributed by atoms with Crippen LogP contribution in [0.25, 0.3) is 11.0 Å². The molecular formula is C19H17N3O2. The number of carbonyl (C=O) groups is 2. The van der Waals surface area contributed by atoms with Crippen molar-refractivity contribution in [3.8, 4) is 0 Å². The Kier molecular flexibility index (Phi) is 3.41. The predicted molar refractivity (Wildman–Crippen MR) is 91.5 cm³/mol. The molecule has 1 saturated heterocycles. The number of aryl methyl sites for hydroxylation is 1. The molecule has 1 atom stereocenters. The minimum absolute atomic E-state index is 0.165. The molecular weight excluding hydrogens is 302 g/mol. The first kappa shape index (κ1) is 14.6. The maximum absolute atomic E-state index is 12.8. The van der Waals surface area contributed by atoms with E-state index in [1.807, 2.05) is 61.6 Å². The van der Waals surface area contributed by atoms with Crippen LogP contribution in [0.4, 0.5) is 5.95 Å². The van der Waals surface area contributed by atoms with E-state index in [0.29, 0.717) is 12.4 Å². The summed E-state index contributed by atoms with van der Waals surface area (Å²) in [5.74, 6) is -0.261. The zero-order chi connectivity index (χ0) is 16.7. The first-order valence-electron chi connectivity index (χ1n) is 7.97. The van der Waals surface area contributed by atoms with Gasteiger partial charge in [0, 0.05) is 13.5 Å². The second-order valence-electron chi connectivity index (χ2n) is 6.12. The fourth-order valence-electron chi connectivity index (χ4n) is 3.30. The Balaban J connectivity index is 1.67. The topological polar surface area (TPSA) is 55.2 Å². The highest BCUT2D eigenvalue weighted by atomic mass is 16.2. The second kappa shape index (κ2) is 5.60. The zero-order valence-corrected chi connectivity index (χ0v) is 13.3. The summed E-state index contributed by atoms with van der Waals surface area (Å²) in [6.07, 6.45) is 0.808. The summed E-state index contributed by atoms with van der Waals surface area (Å²) >= 11 is 0. The Morgan fingerprint density at radius 3 is 2.50 bits per heavy atom. The first-order chi connectivity index (χ1) is 11.6. The van der Waals surface area contributed by atoms with Gasteiger partial charge in [-0.15, -0.1) is 0 Å². The molecule has 120 valence electrons. The largest absolute Gasteiger partial charge is 0.312 e. The van der Waals surface area contributed by atoms with Gasteiger partial charge in [0.2, 0.25) is 17.8 Å². The van der Waals surface area contributed by atoms with Gasteiger partial charge >= 0.3 is 0 Å². The van der Waals surface area contributed by atoms with Crippen LogP contribution in [-0.4, -0.2) is 21.4 Å². The van der Waals surface area contributed by atoms with Crippen molar-refractivity contribution >= 4 is 28.8 Å². The molecule has 0 radical (unpaired) electrons. The lowest BCUT2D eigenvalue weighted by Gasteiger charge is -2.14. The first-order valence-corrected chi connectivity index (χ1v) is 7.97. The van der Waals surface area contributed by atoms with E-state index < -0.39 is 0 Å². The number of anilines is 1. The molecule has 3 aromatic rings. The van der Waals surface area contributed by atoms with Gasteiger partial charge in [-0.05, 0) is 24.1 Å². The number of aromatic nitrogens is 2. The lowest BCUT2D eigenvalue weighted by Crippen LogP contribution is -2.33. The Hall–Kier alpha value is -2.95. The van der Waals surface area contributed by atoms with Gasteiger partial charge in [-0.3, -0.25) is 9.59 Å². The molecule has 0 bridgehead atoms. The van der Waals surface area contributed by atoms with E-state index in [1.54, 1.807) is 4.57 Å². The van der Waals surface area contributed by atoms with Crippen molar-refractivity contribution in [2.75, 3.05) is 4.90 Å². The van der Waals surface area contributed by atoms with Gasteiger partial charge in [-0.2, -0.15) is 0 Å². The Labute approximate surface area is 139 Å². The van der Waals surface area contributed by atoms with Gasteiger partial charge in [0.25, 0.3) is 0 Å². The van der Waals surface area contributed by atoms with E-state index >= 15 is 0 Å². The summed E-state index contributed by atoms with van der Waals surface area (Å²) in [5.41, 5.74) is 2.75. The van der Waals surface area contributed by atoms with Crippen LogP contribution in [-0.2, 0) is 23.1 Å². The molecule has 0 unspecified atom stereocenters. The number of hydrogen-bond acceptors (Lipinski definition) is 3. The van der Waals surface area contributed by atoms with E-state index in [0.717, 1.165) is 16.6 Å². The smallest absolute Gasteiger partial charge is 0.240 e. The number of imide groups is 1. The third-order valence-electron chi connectivity index (χ3n) is 4.53. The van der Waals surface area contributed by atoms with Crippen molar-refractivity contribution in [1.82, 2.24) is 9.55 Å². The number of carbonyl (C=O) groups excluding carboxylic acids is 2. The summed E-state index contributed by atoms with van der Waals surface area (Å²) in [6, 6.07) is 17.4. The van der Waals surface area contributed by atoms with Gasteiger partial charge in [0.1, 0.15) is 0 Å². The molecule has 1 aliphatic rings. The van der Waals surface area contributed by atoms with Gasteiger partial charge in [-0.25, -0.2) is 9.88 Å². The van der Waals surface area contributed by atoms with Crippen molar-refractivity contribution in [3.05, 3.63) is 60.2 Å². The van der Waals surface area contributed by atoms with Gasteiger partial charge < -0.3 is 4.57 Å². The zero-order valence-electron chi connectivity index (χ0n) is 13.3. The Morgan fingerprint density at radius 1 is 1.04 bits per heavy atom. The number of benzene rings is 2. The third kappa shape index (κ3) is 2.29. The standard InChI is InChI=1S/C19H17N3O2/c1-21-16-10-6-5-9-15(16)20-19(21)22-17(23)12-14(18(22)24)11-13-7-3-2-4-8-13/h2-10,14H,11-12H2,1H3/t14-/m1/s1. The molecule has 1 aliphatic heterocycles. The van der Waals surface area contributed by atoms with E-state index in [4.69, 9.17) is 0 Å². The van der Waals surface area contributed by atoms with Gasteiger partial charge in [0.05, 0.1) is 17.0 Å². The maximum atomic E-state index is 12.8. The highest BCUT2D eigenvalue weighted by Gasteiger charge is 2.41. The van der Waals surface area contributed by atoms with E-state index in [9.17, 15) is 9.59 Å². The number of imidazole rings is 1. The third-order valence-corrected chi connectivity index (χ3v) is 4.53. The molecule has 0 aliphatic carbocycles. The predicted octanol–water partition coefficient (Wildman–Crippen LogP) is 2.70. The number of amides is 2. The monoisotopic (exact) mass is 319 g/mol. The molecule has 0 saturated carbocycles. The van der Waals surface area contributed by atoms with Crippen LogP contribution in [0.2, 0.25) is 0 Å². The van der Waals surface area contributed by atoms with Crippen molar-refractivity contribution < 1.29 is 9.59 Å². The SMILES string of the molecule is Cn1c(N2C(=O)C[C@@H](Cc3ccccc3)C2=O)nc2ccccc21. The number of rotatable bonds is 3. The van der Waals surface area contributed by atoms with Gasteiger partial charge in [-0.1, -0.05) is 42.5 Å². The van der Waals surface area contributed by atoms with Crippen LogP contribution >= 0.6 is 0 Å². The molecule has 5 heteroatoms. The van der Waals surface area contributed by atoms with Crippen molar-refractivity contribution in [2.24, 2.45) is 13.0 Å². The van der Waals surface area contributed by atoms with Crippen LogP contribution < -0.4 is 4.90 Å². The summed E-state index contributed by atoms with van der Waals surface area (Å²) < 4.78 is 1.80.